The van der Waals surface area contributed by atoms with E-state index in [1.807, 2.05) is 18.2 Å². The maximum Gasteiger partial charge on any atom is 0.265 e. The van der Waals surface area contributed by atoms with Gasteiger partial charge in [-0.1, -0.05) is 36.4 Å². The molecule has 0 saturated carbocycles. The summed E-state index contributed by atoms with van der Waals surface area (Å²) in [5.74, 6) is -0.446. The standard InChI is InChI=1S/C24H24FN3O3S/c25-20-10-8-18(9-11-20)16-26-12-3-13-27(15-14-26)23(29)17-28-21-6-1-4-19-5-2-7-22(24(19)21)32(28,30)31/h1-2,4-11H,3,12-17H2. The van der Waals surface area contributed by atoms with Crippen LogP contribution in [0.5, 0.6) is 0 Å². The molecule has 1 saturated heterocycles. The molecule has 0 unspecified atom stereocenters. The summed E-state index contributed by atoms with van der Waals surface area (Å²) >= 11 is 0. The van der Waals surface area contributed by atoms with Gasteiger partial charge in [-0.2, -0.15) is 0 Å². The number of carbonyl (C=O) groups is 1. The van der Waals surface area contributed by atoms with E-state index in [9.17, 15) is 17.6 Å². The van der Waals surface area contributed by atoms with Crippen LogP contribution < -0.4 is 4.31 Å². The van der Waals surface area contributed by atoms with E-state index in [0.29, 0.717) is 37.3 Å². The summed E-state index contributed by atoms with van der Waals surface area (Å²) < 4.78 is 40.7. The Morgan fingerprint density at radius 2 is 1.66 bits per heavy atom. The molecule has 0 N–H and O–H groups in total. The quantitative estimate of drug-likeness (QED) is 0.609. The van der Waals surface area contributed by atoms with Crippen molar-refractivity contribution >= 4 is 32.4 Å². The Morgan fingerprint density at radius 3 is 2.44 bits per heavy atom. The molecule has 1 fully saturated rings. The van der Waals surface area contributed by atoms with Crippen LogP contribution in [0.4, 0.5) is 10.1 Å². The van der Waals surface area contributed by atoms with Crippen LogP contribution in [0.15, 0.2) is 65.6 Å². The van der Waals surface area contributed by atoms with Gasteiger partial charge in [-0.15, -0.1) is 0 Å². The highest BCUT2D eigenvalue weighted by Gasteiger charge is 2.37. The Bertz CT molecular complexity index is 1270. The smallest absolute Gasteiger partial charge is 0.265 e. The minimum atomic E-state index is -3.75. The predicted octanol–water partition coefficient (Wildman–Crippen LogP) is 3.22. The topological polar surface area (TPSA) is 60.9 Å². The summed E-state index contributed by atoms with van der Waals surface area (Å²) in [6.45, 7) is 3.13. The number of rotatable bonds is 4. The molecule has 2 heterocycles. The van der Waals surface area contributed by atoms with E-state index in [2.05, 4.69) is 4.90 Å². The molecule has 0 aliphatic carbocycles. The van der Waals surface area contributed by atoms with Crippen LogP contribution >= 0.6 is 0 Å². The van der Waals surface area contributed by atoms with Gasteiger partial charge in [0.1, 0.15) is 12.4 Å². The van der Waals surface area contributed by atoms with Gasteiger partial charge in [0.2, 0.25) is 5.91 Å². The van der Waals surface area contributed by atoms with Crippen molar-refractivity contribution in [1.82, 2.24) is 9.80 Å². The third kappa shape index (κ3) is 3.73. The fourth-order valence-corrected chi connectivity index (χ4v) is 6.24. The molecule has 8 heteroatoms. The van der Waals surface area contributed by atoms with Gasteiger partial charge in [-0.25, -0.2) is 12.8 Å². The monoisotopic (exact) mass is 453 g/mol. The Morgan fingerprint density at radius 1 is 0.906 bits per heavy atom. The van der Waals surface area contributed by atoms with Crippen molar-refractivity contribution < 1.29 is 17.6 Å². The third-order valence-electron chi connectivity index (χ3n) is 6.22. The Labute approximate surface area is 186 Å². The number of carbonyl (C=O) groups excluding carboxylic acids is 1. The van der Waals surface area contributed by atoms with Crippen LogP contribution in [0.1, 0.15) is 12.0 Å². The molecule has 3 aromatic rings. The first-order chi connectivity index (χ1) is 15.4. The second-order valence-corrected chi connectivity index (χ2v) is 10.1. The third-order valence-corrected chi connectivity index (χ3v) is 8.02. The van der Waals surface area contributed by atoms with Crippen LogP contribution in [0.2, 0.25) is 0 Å². The van der Waals surface area contributed by atoms with E-state index in [-0.39, 0.29) is 23.2 Å². The summed E-state index contributed by atoms with van der Waals surface area (Å²) in [4.78, 5) is 17.4. The second-order valence-electron chi connectivity index (χ2n) is 8.28. The lowest BCUT2D eigenvalue weighted by atomic mass is 10.1. The van der Waals surface area contributed by atoms with Crippen molar-refractivity contribution in [3.8, 4) is 0 Å². The zero-order valence-electron chi connectivity index (χ0n) is 17.6. The molecule has 32 heavy (non-hydrogen) atoms. The normalized spacial score (nSPS) is 18.2. The van der Waals surface area contributed by atoms with E-state index in [1.54, 1.807) is 35.2 Å². The van der Waals surface area contributed by atoms with Gasteiger partial charge in [0, 0.05) is 38.1 Å². The lowest BCUT2D eigenvalue weighted by molar-refractivity contribution is -0.129. The van der Waals surface area contributed by atoms with E-state index in [4.69, 9.17) is 0 Å². The summed E-state index contributed by atoms with van der Waals surface area (Å²) in [6.07, 6.45) is 0.801. The van der Waals surface area contributed by atoms with Crippen molar-refractivity contribution in [3.63, 3.8) is 0 Å². The van der Waals surface area contributed by atoms with Gasteiger partial charge < -0.3 is 4.90 Å². The Balaban J connectivity index is 1.28. The number of nitrogens with zero attached hydrogens (tertiary/aromatic N) is 3. The molecule has 1 amide bonds. The Kier molecular flexibility index (Phi) is 5.35. The number of hydrogen-bond donors (Lipinski definition) is 0. The summed E-state index contributed by atoms with van der Waals surface area (Å²) in [7, 11) is -3.75. The molecule has 6 nitrogen and oxygen atoms in total. The van der Waals surface area contributed by atoms with Crippen LogP contribution in [0.25, 0.3) is 10.8 Å². The van der Waals surface area contributed by atoms with Crippen LogP contribution in [-0.2, 0) is 21.4 Å². The summed E-state index contributed by atoms with van der Waals surface area (Å²) in [6, 6.07) is 17.1. The van der Waals surface area contributed by atoms with E-state index < -0.39 is 10.0 Å². The second kappa shape index (κ2) is 8.18. The first-order valence-electron chi connectivity index (χ1n) is 10.7. The number of benzene rings is 3. The summed E-state index contributed by atoms with van der Waals surface area (Å²) in [5, 5.41) is 1.54. The molecule has 2 aliphatic rings. The fourth-order valence-electron chi connectivity index (χ4n) is 4.58. The van der Waals surface area contributed by atoms with Crippen molar-refractivity contribution in [2.24, 2.45) is 0 Å². The SMILES string of the molecule is O=C(CN1c2cccc3cccc(c23)S1(=O)=O)N1CCCN(Cc2ccc(F)cc2)CC1. The average Bonchev–Trinajstić information content (AvgIpc) is 2.93. The molecule has 0 aromatic heterocycles. The minimum Gasteiger partial charge on any atom is -0.340 e. The Hall–Kier alpha value is -2.97. The molecular formula is C24H24FN3O3S. The van der Waals surface area contributed by atoms with Crippen molar-refractivity contribution in [3.05, 3.63) is 72.0 Å². The fraction of sp³-hybridized carbons (Fsp3) is 0.292. The van der Waals surface area contributed by atoms with Crippen LogP contribution in [0.3, 0.4) is 0 Å². The molecule has 5 rings (SSSR count). The highest BCUT2D eigenvalue weighted by molar-refractivity contribution is 7.93. The highest BCUT2D eigenvalue weighted by Crippen LogP contribution is 2.41. The van der Waals surface area contributed by atoms with Gasteiger partial charge in [0.15, 0.2) is 0 Å². The van der Waals surface area contributed by atoms with Crippen LogP contribution in [0, 0.1) is 5.82 Å². The number of sulfonamides is 1. The van der Waals surface area contributed by atoms with Gasteiger partial charge in [0.25, 0.3) is 10.0 Å². The maximum atomic E-state index is 13.2. The number of amides is 1. The zero-order chi connectivity index (χ0) is 22.3. The zero-order valence-corrected chi connectivity index (χ0v) is 18.4. The van der Waals surface area contributed by atoms with Crippen molar-refractivity contribution in [2.45, 2.75) is 17.9 Å². The number of anilines is 1. The van der Waals surface area contributed by atoms with Crippen molar-refractivity contribution in [2.75, 3.05) is 37.0 Å². The molecule has 3 aromatic carbocycles. The van der Waals surface area contributed by atoms with Gasteiger partial charge in [-0.3, -0.25) is 14.0 Å². The molecule has 0 radical (unpaired) electrons. The highest BCUT2D eigenvalue weighted by atomic mass is 32.2. The molecule has 166 valence electrons. The maximum absolute atomic E-state index is 13.2. The van der Waals surface area contributed by atoms with E-state index in [0.717, 1.165) is 23.9 Å². The van der Waals surface area contributed by atoms with Crippen LogP contribution in [-0.4, -0.2) is 56.8 Å². The first kappa shape index (κ1) is 20.9. The largest absolute Gasteiger partial charge is 0.340 e. The van der Waals surface area contributed by atoms with Crippen molar-refractivity contribution in [1.29, 1.82) is 0 Å². The number of halogens is 1. The van der Waals surface area contributed by atoms with Gasteiger partial charge in [0.05, 0.1) is 10.6 Å². The minimum absolute atomic E-state index is 0.193. The van der Waals surface area contributed by atoms with E-state index >= 15 is 0 Å². The summed E-state index contributed by atoms with van der Waals surface area (Å²) in [5.41, 5.74) is 1.60. The van der Waals surface area contributed by atoms with Gasteiger partial charge in [-0.05, 0) is 41.6 Å². The molecular weight excluding hydrogens is 429 g/mol. The van der Waals surface area contributed by atoms with Gasteiger partial charge >= 0.3 is 0 Å². The predicted molar refractivity (Wildman–Crippen MR) is 121 cm³/mol. The number of hydrogen-bond acceptors (Lipinski definition) is 4. The molecule has 2 aliphatic heterocycles. The first-order valence-corrected chi connectivity index (χ1v) is 12.2. The lowest BCUT2D eigenvalue weighted by Gasteiger charge is -2.25. The van der Waals surface area contributed by atoms with E-state index in [1.165, 1.54) is 16.4 Å². The molecule has 0 atom stereocenters. The lowest BCUT2D eigenvalue weighted by Crippen LogP contribution is -2.43. The average molecular weight is 454 g/mol. The molecule has 0 bridgehead atoms. The molecule has 0 spiro atoms.